The topological polar surface area (TPSA) is 91.3 Å². The van der Waals surface area contributed by atoms with Crippen LogP contribution in [0.15, 0.2) is 47.1 Å². The minimum atomic E-state index is 0.555. The first kappa shape index (κ1) is 17.9. The van der Waals surface area contributed by atoms with Gasteiger partial charge in [-0.1, -0.05) is 17.3 Å². The Morgan fingerprint density at radius 2 is 2.04 bits per heavy atom. The maximum Gasteiger partial charge on any atom is 0.241 e. The molecule has 3 aromatic rings. The normalized spacial score (nSPS) is 14.6. The Labute approximate surface area is 163 Å². The largest absolute Gasteiger partial charge is 0.497 e. The molecule has 142 valence electrons. The number of hydrogen-bond donors (Lipinski definition) is 0. The summed E-state index contributed by atoms with van der Waals surface area (Å²) in [6, 6.07) is 13.4. The number of anilines is 1. The van der Waals surface area contributed by atoms with Crippen molar-refractivity contribution in [2.75, 3.05) is 38.2 Å². The lowest BCUT2D eigenvalue weighted by molar-refractivity contribution is 0.215. The van der Waals surface area contributed by atoms with Gasteiger partial charge in [-0.15, -0.1) is 0 Å². The highest BCUT2D eigenvalue weighted by atomic mass is 16.5. The highest BCUT2D eigenvalue weighted by Crippen LogP contribution is 2.22. The number of aromatic nitrogens is 3. The molecular formula is C20H20N6O2. The Balaban J connectivity index is 1.38. The van der Waals surface area contributed by atoms with Gasteiger partial charge < -0.3 is 14.2 Å². The van der Waals surface area contributed by atoms with Crippen molar-refractivity contribution in [3.8, 4) is 23.2 Å². The molecule has 1 saturated heterocycles. The third-order valence-electron chi connectivity index (χ3n) is 4.73. The third-order valence-corrected chi connectivity index (χ3v) is 4.73. The van der Waals surface area contributed by atoms with E-state index in [4.69, 9.17) is 9.26 Å². The highest BCUT2D eigenvalue weighted by Gasteiger charge is 2.22. The number of nitriles is 1. The summed E-state index contributed by atoms with van der Waals surface area (Å²) in [5, 5.41) is 13.4. The van der Waals surface area contributed by atoms with Gasteiger partial charge in [0.25, 0.3) is 0 Å². The van der Waals surface area contributed by atoms with Crippen LogP contribution in [0.1, 0.15) is 11.5 Å². The van der Waals surface area contributed by atoms with E-state index in [9.17, 15) is 5.26 Å². The Hall–Kier alpha value is -3.44. The van der Waals surface area contributed by atoms with Crippen LogP contribution in [0.3, 0.4) is 0 Å². The van der Waals surface area contributed by atoms with E-state index in [1.54, 1.807) is 25.4 Å². The van der Waals surface area contributed by atoms with Crippen LogP contribution in [-0.4, -0.2) is 53.3 Å². The lowest BCUT2D eigenvalue weighted by Crippen LogP contribution is -2.46. The van der Waals surface area contributed by atoms with Crippen molar-refractivity contribution in [1.82, 2.24) is 20.0 Å². The van der Waals surface area contributed by atoms with Gasteiger partial charge in [0.05, 0.1) is 19.2 Å². The summed E-state index contributed by atoms with van der Waals surface area (Å²) >= 11 is 0. The van der Waals surface area contributed by atoms with Crippen molar-refractivity contribution in [2.45, 2.75) is 6.54 Å². The van der Waals surface area contributed by atoms with Gasteiger partial charge in [0.1, 0.15) is 17.6 Å². The zero-order valence-electron chi connectivity index (χ0n) is 15.6. The van der Waals surface area contributed by atoms with Crippen LogP contribution in [0.4, 0.5) is 5.82 Å². The number of pyridine rings is 1. The van der Waals surface area contributed by atoms with E-state index in [1.165, 1.54) is 0 Å². The molecule has 2 aromatic heterocycles. The molecule has 0 spiro atoms. The molecule has 28 heavy (non-hydrogen) atoms. The second-order valence-corrected chi connectivity index (χ2v) is 6.49. The maximum atomic E-state index is 9.26. The van der Waals surface area contributed by atoms with E-state index in [2.05, 4.69) is 31.0 Å². The number of benzene rings is 1. The van der Waals surface area contributed by atoms with Crippen LogP contribution in [0.2, 0.25) is 0 Å². The van der Waals surface area contributed by atoms with Gasteiger partial charge in [0, 0.05) is 37.9 Å². The molecule has 0 bridgehead atoms. The van der Waals surface area contributed by atoms with Gasteiger partial charge in [-0.3, -0.25) is 4.90 Å². The molecule has 0 atom stereocenters. The quantitative estimate of drug-likeness (QED) is 0.670. The number of piperazine rings is 1. The molecule has 4 rings (SSSR count). The zero-order valence-corrected chi connectivity index (χ0v) is 15.6. The monoisotopic (exact) mass is 376 g/mol. The summed E-state index contributed by atoms with van der Waals surface area (Å²) in [7, 11) is 1.63. The molecule has 0 aliphatic carbocycles. The molecule has 8 nitrogen and oxygen atoms in total. The second-order valence-electron chi connectivity index (χ2n) is 6.49. The van der Waals surface area contributed by atoms with E-state index < -0.39 is 0 Å². The summed E-state index contributed by atoms with van der Waals surface area (Å²) in [4.78, 5) is 13.3. The molecule has 1 aliphatic heterocycles. The summed E-state index contributed by atoms with van der Waals surface area (Å²) in [6.45, 7) is 3.85. The minimum Gasteiger partial charge on any atom is -0.497 e. The number of methoxy groups -OCH3 is 1. The van der Waals surface area contributed by atoms with Gasteiger partial charge in [0.2, 0.25) is 11.7 Å². The molecule has 1 aromatic carbocycles. The maximum absolute atomic E-state index is 9.26. The SMILES string of the molecule is COc1cccc(-c2noc(CN3CCN(c4ncccc4C#N)CC3)n2)c1. The third kappa shape index (κ3) is 3.80. The Morgan fingerprint density at radius 3 is 2.82 bits per heavy atom. The number of nitrogens with zero attached hydrogens (tertiary/aromatic N) is 6. The smallest absolute Gasteiger partial charge is 0.241 e. The average Bonchev–Trinajstić information content (AvgIpc) is 3.23. The molecule has 0 unspecified atom stereocenters. The highest BCUT2D eigenvalue weighted by molar-refractivity contribution is 5.57. The van der Waals surface area contributed by atoms with Gasteiger partial charge in [0.15, 0.2) is 0 Å². The van der Waals surface area contributed by atoms with Crippen molar-refractivity contribution >= 4 is 5.82 Å². The first-order valence-electron chi connectivity index (χ1n) is 9.06. The van der Waals surface area contributed by atoms with E-state index in [1.807, 2.05) is 24.3 Å². The van der Waals surface area contributed by atoms with E-state index in [-0.39, 0.29) is 0 Å². The first-order chi connectivity index (χ1) is 13.8. The van der Waals surface area contributed by atoms with E-state index in [0.717, 1.165) is 43.3 Å². The van der Waals surface area contributed by atoms with Crippen LogP contribution < -0.4 is 9.64 Å². The van der Waals surface area contributed by atoms with Crippen molar-refractivity contribution in [1.29, 1.82) is 5.26 Å². The first-order valence-corrected chi connectivity index (χ1v) is 9.06. The van der Waals surface area contributed by atoms with Crippen molar-refractivity contribution in [3.63, 3.8) is 0 Å². The molecule has 0 radical (unpaired) electrons. The molecule has 0 N–H and O–H groups in total. The van der Waals surface area contributed by atoms with Gasteiger partial charge in [-0.2, -0.15) is 10.2 Å². The Morgan fingerprint density at radius 1 is 1.18 bits per heavy atom. The second kappa shape index (κ2) is 8.06. The average molecular weight is 376 g/mol. The Kier molecular flexibility index (Phi) is 5.17. The molecule has 1 aliphatic rings. The van der Waals surface area contributed by atoms with Crippen LogP contribution >= 0.6 is 0 Å². The summed E-state index contributed by atoms with van der Waals surface area (Å²) in [5.74, 6) is 2.65. The summed E-state index contributed by atoms with van der Waals surface area (Å²) in [6.07, 6.45) is 1.72. The fourth-order valence-electron chi connectivity index (χ4n) is 3.24. The van der Waals surface area contributed by atoms with Gasteiger partial charge in [-0.05, 0) is 24.3 Å². The van der Waals surface area contributed by atoms with Crippen LogP contribution in [-0.2, 0) is 6.54 Å². The van der Waals surface area contributed by atoms with Gasteiger partial charge in [-0.25, -0.2) is 4.98 Å². The molecule has 0 amide bonds. The van der Waals surface area contributed by atoms with Crippen molar-refractivity contribution in [3.05, 3.63) is 54.0 Å². The van der Waals surface area contributed by atoms with Crippen LogP contribution in [0.5, 0.6) is 5.75 Å². The van der Waals surface area contributed by atoms with E-state index in [0.29, 0.717) is 23.8 Å². The molecule has 1 fully saturated rings. The number of ether oxygens (including phenoxy) is 1. The molecular weight excluding hydrogens is 356 g/mol. The summed E-state index contributed by atoms with van der Waals surface area (Å²) in [5.41, 5.74) is 1.47. The van der Waals surface area contributed by atoms with Crippen LogP contribution in [0, 0.1) is 11.3 Å². The zero-order chi connectivity index (χ0) is 19.3. The fraction of sp³-hybridized carbons (Fsp3) is 0.300. The predicted octanol–water partition coefficient (Wildman–Crippen LogP) is 2.33. The lowest BCUT2D eigenvalue weighted by atomic mass is 10.2. The van der Waals surface area contributed by atoms with Gasteiger partial charge >= 0.3 is 0 Å². The predicted molar refractivity (Wildman–Crippen MR) is 103 cm³/mol. The summed E-state index contributed by atoms with van der Waals surface area (Å²) < 4.78 is 10.7. The van der Waals surface area contributed by atoms with Crippen molar-refractivity contribution < 1.29 is 9.26 Å². The molecule has 0 saturated carbocycles. The van der Waals surface area contributed by atoms with E-state index >= 15 is 0 Å². The minimum absolute atomic E-state index is 0.555. The molecule has 3 heterocycles. The Bertz CT molecular complexity index is 988. The number of rotatable bonds is 5. The molecule has 8 heteroatoms. The number of hydrogen-bond acceptors (Lipinski definition) is 8. The standard InChI is InChI=1S/C20H20N6O2/c1-27-17-6-2-4-15(12-17)19-23-18(28-24-19)14-25-8-10-26(11-9-25)20-16(13-21)5-3-7-22-20/h2-7,12H,8-11,14H2,1H3. The lowest BCUT2D eigenvalue weighted by Gasteiger charge is -2.34. The fourth-order valence-corrected chi connectivity index (χ4v) is 3.24. The van der Waals surface area contributed by atoms with Crippen molar-refractivity contribution in [2.24, 2.45) is 0 Å². The van der Waals surface area contributed by atoms with Crippen LogP contribution in [0.25, 0.3) is 11.4 Å².